The molecule has 0 spiro atoms. The van der Waals surface area contributed by atoms with E-state index in [0.29, 0.717) is 12.1 Å². The maximum atomic E-state index is 13.0. The van der Waals surface area contributed by atoms with E-state index in [9.17, 15) is 4.79 Å². The summed E-state index contributed by atoms with van der Waals surface area (Å²) in [6.45, 7) is 5.35. The molecule has 1 aliphatic heterocycles. The number of nitrogens with zero attached hydrogens (tertiary/aromatic N) is 4. The van der Waals surface area contributed by atoms with Crippen LogP contribution < -0.4 is 4.90 Å². The highest BCUT2D eigenvalue weighted by Crippen LogP contribution is 2.21. The summed E-state index contributed by atoms with van der Waals surface area (Å²) in [5, 5.41) is 1.00. The Bertz CT molecular complexity index is 940. The Morgan fingerprint density at radius 1 is 1.04 bits per heavy atom. The second-order valence-electron chi connectivity index (χ2n) is 6.71. The zero-order valence-electron chi connectivity index (χ0n) is 14.9. The van der Waals surface area contributed by atoms with Crippen LogP contribution in [0.5, 0.6) is 0 Å². The lowest BCUT2D eigenvalue weighted by atomic mass is 10.1. The molecule has 5 heteroatoms. The zero-order valence-corrected chi connectivity index (χ0v) is 14.9. The SMILES string of the molecule is Cc1cnccc1N1CCCN(C(=O)c2cnc3ccccc3c2)CC1. The van der Waals surface area contributed by atoms with Crippen LogP contribution in [0, 0.1) is 6.92 Å². The molecule has 132 valence electrons. The van der Waals surface area contributed by atoms with Gasteiger partial charge in [-0.3, -0.25) is 14.8 Å². The molecule has 3 heterocycles. The molecule has 0 unspecified atom stereocenters. The van der Waals surface area contributed by atoms with Crippen molar-refractivity contribution in [3.05, 3.63) is 66.1 Å². The molecule has 0 bridgehead atoms. The normalized spacial score (nSPS) is 15.1. The lowest BCUT2D eigenvalue weighted by molar-refractivity contribution is 0.0767. The Morgan fingerprint density at radius 2 is 1.92 bits per heavy atom. The predicted molar refractivity (Wildman–Crippen MR) is 103 cm³/mol. The number of anilines is 1. The summed E-state index contributed by atoms with van der Waals surface area (Å²) in [7, 11) is 0. The van der Waals surface area contributed by atoms with E-state index < -0.39 is 0 Å². The van der Waals surface area contributed by atoms with Crippen LogP contribution >= 0.6 is 0 Å². The van der Waals surface area contributed by atoms with Gasteiger partial charge < -0.3 is 9.80 Å². The number of hydrogen-bond acceptors (Lipinski definition) is 4. The minimum atomic E-state index is 0.0663. The Kier molecular flexibility index (Phi) is 4.52. The van der Waals surface area contributed by atoms with Gasteiger partial charge in [-0.2, -0.15) is 0 Å². The second kappa shape index (κ2) is 7.12. The van der Waals surface area contributed by atoms with Gasteiger partial charge in [0.25, 0.3) is 5.91 Å². The maximum absolute atomic E-state index is 13.0. The van der Waals surface area contributed by atoms with Crippen LogP contribution in [0.2, 0.25) is 0 Å². The number of para-hydroxylation sites is 1. The monoisotopic (exact) mass is 346 g/mol. The quantitative estimate of drug-likeness (QED) is 0.714. The molecule has 1 aliphatic rings. The van der Waals surface area contributed by atoms with E-state index in [2.05, 4.69) is 27.9 Å². The van der Waals surface area contributed by atoms with Gasteiger partial charge in [0.15, 0.2) is 0 Å². The van der Waals surface area contributed by atoms with Crippen LogP contribution in [-0.2, 0) is 0 Å². The average Bonchev–Trinajstić information content (AvgIpc) is 2.93. The molecule has 26 heavy (non-hydrogen) atoms. The molecule has 2 aromatic heterocycles. The lowest BCUT2D eigenvalue weighted by Gasteiger charge is -2.25. The van der Waals surface area contributed by atoms with Crippen LogP contribution in [0.15, 0.2) is 55.0 Å². The number of rotatable bonds is 2. The first-order valence-corrected chi connectivity index (χ1v) is 9.02. The van der Waals surface area contributed by atoms with Gasteiger partial charge in [-0.15, -0.1) is 0 Å². The molecule has 0 aliphatic carbocycles. The van der Waals surface area contributed by atoms with Crippen LogP contribution in [0.25, 0.3) is 10.9 Å². The summed E-state index contributed by atoms with van der Waals surface area (Å²) in [5.74, 6) is 0.0663. The molecule has 3 aromatic rings. The molecule has 1 aromatic carbocycles. The number of carbonyl (C=O) groups excluding carboxylic acids is 1. The largest absolute Gasteiger partial charge is 0.369 e. The smallest absolute Gasteiger partial charge is 0.255 e. The van der Waals surface area contributed by atoms with Crippen molar-refractivity contribution in [2.45, 2.75) is 13.3 Å². The van der Waals surface area contributed by atoms with Gasteiger partial charge in [-0.25, -0.2) is 0 Å². The van der Waals surface area contributed by atoms with E-state index >= 15 is 0 Å². The fraction of sp³-hybridized carbons (Fsp3) is 0.286. The van der Waals surface area contributed by atoms with Crippen LogP contribution in [-0.4, -0.2) is 47.0 Å². The van der Waals surface area contributed by atoms with Crippen LogP contribution in [0.3, 0.4) is 0 Å². The van der Waals surface area contributed by atoms with Crippen molar-refractivity contribution in [2.75, 3.05) is 31.1 Å². The van der Waals surface area contributed by atoms with E-state index in [0.717, 1.165) is 37.0 Å². The van der Waals surface area contributed by atoms with Gasteiger partial charge >= 0.3 is 0 Å². The lowest BCUT2D eigenvalue weighted by Crippen LogP contribution is -2.35. The first-order chi connectivity index (χ1) is 12.7. The van der Waals surface area contributed by atoms with Gasteiger partial charge in [-0.05, 0) is 37.1 Å². The molecule has 0 N–H and O–H groups in total. The Morgan fingerprint density at radius 3 is 2.81 bits per heavy atom. The Labute approximate surface area is 153 Å². The fourth-order valence-electron chi connectivity index (χ4n) is 3.55. The molecular weight excluding hydrogens is 324 g/mol. The highest BCUT2D eigenvalue weighted by Gasteiger charge is 2.21. The topological polar surface area (TPSA) is 49.3 Å². The van der Waals surface area contributed by atoms with Gasteiger partial charge in [-0.1, -0.05) is 18.2 Å². The van der Waals surface area contributed by atoms with E-state index in [1.54, 1.807) is 6.20 Å². The first kappa shape index (κ1) is 16.5. The number of carbonyl (C=O) groups is 1. The van der Waals surface area contributed by atoms with E-state index in [1.807, 2.05) is 47.6 Å². The third-order valence-electron chi connectivity index (χ3n) is 4.95. The number of aromatic nitrogens is 2. The molecule has 1 saturated heterocycles. The number of amides is 1. The maximum Gasteiger partial charge on any atom is 0.255 e. The van der Waals surface area contributed by atoms with Crippen molar-refractivity contribution in [1.82, 2.24) is 14.9 Å². The molecule has 1 fully saturated rings. The highest BCUT2D eigenvalue weighted by atomic mass is 16.2. The molecule has 0 atom stereocenters. The van der Waals surface area contributed by atoms with Crippen molar-refractivity contribution in [1.29, 1.82) is 0 Å². The molecule has 5 nitrogen and oxygen atoms in total. The minimum absolute atomic E-state index is 0.0663. The fourth-order valence-corrected chi connectivity index (χ4v) is 3.55. The Balaban J connectivity index is 1.51. The summed E-state index contributed by atoms with van der Waals surface area (Å²) in [4.78, 5) is 25.9. The van der Waals surface area contributed by atoms with Crippen LogP contribution in [0.1, 0.15) is 22.3 Å². The number of hydrogen-bond donors (Lipinski definition) is 0. The van der Waals surface area contributed by atoms with Crippen molar-refractivity contribution in [3.63, 3.8) is 0 Å². The van der Waals surface area contributed by atoms with Crippen LogP contribution in [0.4, 0.5) is 5.69 Å². The standard InChI is InChI=1S/C21H22N4O/c1-16-14-22-8-7-20(16)24-9-4-10-25(12-11-24)21(26)18-13-17-5-2-3-6-19(17)23-15-18/h2-3,5-8,13-15H,4,9-12H2,1H3. The zero-order chi connectivity index (χ0) is 17.9. The molecular formula is C21H22N4O. The highest BCUT2D eigenvalue weighted by molar-refractivity contribution is 5.97. The molecule has 0 saturated carbocycles. The average molecular weight is 346 g/mol. The number of aryl methyl sites for hydroxylation is 1. The van der Waals surface area contributed by atoms with Crippen molar-refractivity contribution < 1.29 is 4.79 Å². The summed E-state index contributed by atoms with van der Waals surface area (Å²) in [6.07, 6.45) is 6.37. The van der Waals surface area contributed by atoms with Crippen molar-refractivity contribution in [2.24, 2.45) is 0 Å². The van der Waals surface area contributed by atoms with Gasteiger partial charge in [0.05, 0.1) is 11.1 Å². The van der Waals surface area contributed by atoms with Crippen molar-refractivity contribution in [3.8, 4) is 0 Å². The summed E-state index contributed by atoms with van der Waals surface area (Å²) < 4.78 is 0. The van der Waals surface area contributed by atoms with Gasteiger partial charge in [0, 0.05) is 55.8 Å². The van der Waals surface area contributed by atoms with Gasteiger partial charge in [0.1, 0.15) is 0 Å². The Hall–Kier alpha value is -2.95. The van der Waals surface area contributed by atoms with E-state index in [4.69, 9.17) is 0 Å². The predicted octanol–water partition coefficient (Wildman–Crippen LogP) is 3.29. The number of fused-ring (bicyclic) bond motifs is 1. The minimum Gasteiger partial charge on any atom is -0.369 e. The second-order valence-corrected chi connectivity index (χ2v) is 6.71. The summed E-state index contributed by atoms with van der Waals surface area (Å²) >= 11 is 0. The van der Waals surface area contributed by atoms with E-state index in [1.165, 1.54) is 11.3 Å². The molecule has 0 radical (unpaired) electrons. The van der Waals surface area contributed by atoms with Gasteiger partial charge in [0.2, 0.25) is 0 Å². The number of pyridine rings is 2. The summed E-state index contributed by atoms with van der Waals surface area (Å²) in [6, 6.07) is 11.9. The third-order valence-corrected chi connectivity index (χ3v) is 4.95. The number of benzene rings is 1. The third kappa shape index (κ3) is 3.25. The first-order valence-electron chi connectivity index (χ1n) is 9.02. The summed E-state index contributed by atoms with van der Waals surface area (Å²) in [5.41, 5.74) is 3.96. The molecule has 1 amide bonds. The molecule has 4 rings (SSSR count). The van der Waals surface area contributed by atoms with Crippen molar-refractivity contribution >= 4 is 22.5 Å². The van der Waals surface area contributed by atoms with E-state index in [-0.39, 0.29) is 5.91 Å².